The molecule has 0 bridgehead atoms. The van der Waals surface area contributed by atoms with Gasteiger partial charge in [-0.3, -0.25) is 0 Å². The Morgan fingerprint density at radius 3 is 1.08 bits per heavy atom. The van der Waals surface area contributed by atoms with Crippen LogP contribution in [0.2, 0.25) is 0 Å². The molecule has 124 valence electrons. The summed E-state index contributed by atoms with van der Waals surface area (Å²) >= 11 is 0. The molecule has 0 spiro atoms. The van der Waals surface area contributed by atoms with E-state index in [9.17, 15) is 0 Å². The standard InChI is InChI=1S/C21H20P.HI.H3P/c1-4-10-18(11-5-1)22(21-16-17-21,19-12-6-2-7-13-19)20-14-8-3-9-15-20;;/h1-15,21H,16-17H2;1H;1H3/q+1;;/p-1. The molecule has 1 unspecified atom stereocenters. The number of benzene rings is 3. The zero-order chi connectivity index (χ0) is 14.8. The summed E-state index contributed by atoms with van der Waals surface area (Å²) in [6.45, 7) is 0. The highest BCUT2D eigenvalue weighted by Crippen LogP contribution is 2.67. The minimum absolute atomic E-state index is 0. The molecule has 0 nitrogen and oxygen atoms in total. The number of rotatable bonds is 4. The van der Waals surface area contributed by atoms with Crippen LogP contribution in [0.4, 0.5) is 0 Å². The van der Waals surface area contributed by atoms with Crippen LogP contribution in [-0.2, 0) is 0 Å². The highest BCUT2D eigenvalue weighted by Gasteiger charge is 2.57. The molecule has 0 heterocycles. The SMILES string of the molecule is P.[I-].c1ccc([P+](c2ccccc2)(c2ccccc2)C2CC2)cc1. The van der Waals surface area contributed by atoms with Crippen molar-refractivity contribution in [3.05, 3.63) is 91.0 Å². The largest absolute Gasteiger partial charge is 1.00 e. The van der Waals surface area contributed by atoms with Crippen molar-refractivity contribution in [1.29, 1.82) is 0 Å². The van der Waals surface area contributed by atoms with Gasteiger partial charge in [-0.1, -0.05) is 54.6 Å². The van der Waals surface area contributed by atoms with Crippen molar-refractivity contribution < 1.29 is 24.0 Å². The Labute approximate surface area is 166 Å². The smallest absolute Gasteiger partial charge is 0.115 e. The minimum Gasteiger partial charge on any atom is -1.00 e. The first kappa shape index (κ1) is 19.6. The van der Waals surface area contributed by atoms with Crippen molar-refractivity contribution in [3.63, 3.8) is 0 Å². The van der Waals surface area contributed by atoms with Gasteiger partial charge in [0.1, 0.15) is 23.2 Å². The quantitative estimate of drug-likeness (QED) is 0.403. The average Bonchev–Trinajstić information content (AvgIpc) is 3.44. The van der Waals surface area contributed by atoms with Gasteiger partial charge in [-0.25, -0.2) is 0 Å². The van der Waals surface area contributed by atoms with Crippen LogP contribution in [0.15, 0.2) is 91.0 Å². The van der Waals surface area contributed by atoms with E-state index in [0.29, 0.717) is 0 Å². The Kier molecular flexibility index (Phi) is 6.99. The van der Waals surface area contributed by atoms with E-state index >= 15 is 0 Å². The molecular formula is C21H23IP2. The number of hydrogen-bond acceptors (Lipinski definition) is 0. The van der Waals surface area contributed by atoms with E-state index in [0.717, 1.165) is 5.66 Å². The Balaban J connectivity index is 0.00000104. The maximum Gasteiger partial charge on any atom is 0.115 e. The molecule has 0 aliphatic heterocycles. The molecular weight excluding hydrogens is 441 g/mol. The molecule has 0 amide bonds. The topological polar surface area (TPSA) is 0 Å². The summed E-state index contributed by atoms with van der Waals surface area (Å²) in [4.78, 5) is 0. The Bertz CT molecular complexity index is 644. The summed E-state index contributed by atoms with van der Waals surface area (Å²) in [5.41, 5.74) is 0.805. The molecule has 1 fully saturated rings. The molecule has 3 heteroatoms. The maximum absolute atomic E-state index is 2.34. The van der Waals surface area contributed by atoms with E-state index < -0.39 is 7.26 Å². The van der Waals surface area contributed by atoms with Crippen molar-refractivity contribution in [2.45, 2.75) is 18.5 Å². The van der Waals surface area contributed by atoms with Gasteiger partial charge < -0.3 is 24.0 Å². The fourth-order valence-electron chi connectivity index (χ4n) is 3.53. The Morgan fingerprint density at radius 2 is 0.833 bits per heavy atom. The first-order valence-corrected chi connectivity index (χ1v) is 9.84. The summed E-state index contributed by atoms with van der Waals surface area (Å²) in [6.07, 6.45) is 2.71. The van der Waals surface area contributed by atoms with Gasteiger partial charge in [-0.15, -0.1) is 0 Å². The Morgan fingerprint density at radius 1 is 0.542 bits per heavy atom. The monoisotopic (exact) mass is 464 g/mol. The second-order valence-electron chi connectivity index (χ2n) is 5.96. The third-order valence-electron chi connectivity index (χ3n) is 4.58. The molecule has 0 N–H and O–H groups in total. The maximum atomic E-state index is 2.34. The van der Waals surface area contributed by atoms with Gasteiger partial charge in [0, 0.05) is 0 Å². The third-order valence-corrected chi connectivity index (χ3v) is 9.53. The molecule has 1 atom stereocenters. The first-order chi connectivity index (χ1) is 10.9. The van der Waals surface area contributed by atoms with E-state index in [1.165, 1.54) is 28.8 Å². The van der Waals surface area contributed by atoms with Gasteiger partial charge in [0.2, 0.25) is 0 Å². The minimum atomic E-state index is -1.51. The van der Waals surface area contributed by atoms with Crippen LogP contribution < -0.4 is 39.9 Å². The van der Waals surface area contributed by atoms with Crippen LogP contribution in [0.1, 0.15) is 12.8 Å². The fourth-order valence-corrected chi connectivity index (χ4v) is 8.54. The lowest BCUT2D eigenvalue weighted by atomic mass is 10.4. The summed E-state index contributed by atoms with van der Waals surface area (Å²) in [7, 11) is -1.51. The second-order valence-corrected chi connectivity index (χ2v) is 9.69. The van der Waals surface area contributed by atoms with Gasteiger partial charge >= 0.3 is 0 Å². The van der Waals surface area contributed by atoms with Crippen molar-refractivity contribution in [2.75, 3.05) is 0 Å². The van der Waals surface area contributed by atoms with Crippen molar-refractivity contribution >= 4 is 33.1 Å². The molecule has 1 aliphatic carbocycles. The van der Waals surface area contributed by atoms with Crippen LogP contribution in [0.5, 0.6) is 0 Å². The molecule has 3 aromatic carbocycles. The fraction of sp³-hybridized carbons (Fsp3) is 0.143. The molecule has 1 aliphatic rings. The van der Waals surface area contributed by atoms with Crippen LogP contribution in [0, 0.1) is 0 Å². The second kappa shape index (κ2) is 8.56. The highest BCUT2D eigenvalue weighted by molar-refractivity contribution is 7.96. The average molecular weight is 464 g/mol. The highest BCUT2D eigenvalue weighted by atomic mass is 127. The van der Waals surface area contributed by atoms with Gasteiger partial charge in [0.25, 0.3) is 0 Å². The number of halogens is 1. The predicted molar refractivity (Wildman–Crippen MR) is 109 cm³/mol. The van der Waals surface area contributed by atoms with Crippen LogP contribution in [0.3, 0.4) is 0 Å². The van der Waals surface area contributed by atoms with Crippen molar-refractivity contribution in [3.8, 4) is 0 Å². The van der Waals surface area contributed by atoms with E-state index in [1.54, 1.807) is 0 Å². The zero-order valence-electron chi connectivity index (χ0n) is 13.7. The molecule has 4 rings (SSSR count). The number of hydrogen-bond donors (Lipinski definition) is 0. The van der Waals surface area contributed by atoms with Crippen LogP contribution in [0.25, 0.3) is 0 Å². The predicted octanol–water partition coefficient (Wildman–Crippen LogP) is 1.20. The van der Waals surface area contributed by atoms with Gasteiger partial charge in [0.05, 0.1) is 5.66 Å². The zero-order valence-corrected chi connectivity index (χ0v) is 18.2. The van der Waals surface area contributed by atoms with E-state index in [2.05, 4.69) is 91.0 Å². The normalized spacial score (nSPS) is 13.5. The van der Waals surface area contributed by atoms with Gasteiger partial charge in [0.15, 0.2) is 0 Å². The van der Waals surface area contributed by atoms with Crippen molar-refractivity contribution in [2.24, 2.45) is 0 Å². The van der Waals surface area contributed by atoms with Crippen LogP contribution >= 0.6 is 17.2 Å². The lowest BCUT2D eigenvalue weighted by Gasteiger charge is -2.27. The summed E-state index contributed by atoms with van der Waals surface area (Å²) in [5.74, 6) is 0. The van der Waals surface area contributed by atoms with Gasteiger partial charge in [-0.05, 0) is 49.2 Å². The molecule has 24 heavy (non-hydrogen) atoms. The van der Waals surface area contributed by atoms with E-state index in [4.69, 9.17) is 0 Å². The molecule has 0 saturated heterocycles. The summed E-state index contributed by atoms with van der Waals surface area (Å²) in [5, 5.41) is 4.57. The van der Waals surface area contributed by atoms with Crippen molar-refractivity contribution in [1.82, 2.24) is 0 Å². The molecule has 0 radical (unpaired) electrons. The summed E-state index contributed by atoms with van der Waals surface area (Å²) < 4.78 is 0. The lowest BCUT2D eigenvalue weighted by Crippen LogP contribution is -3.00. The molecule has 3 aromatic rings. The summed E-state index contributed by atoms with van der Waals surface area (Å²) in [6, 6.07) is 33.6. The van der Waals surface area contributed by atoms with Gasteiger partial charge in [-0.2, -0.15) is 9.90 Å². The molecule has 0 aromatic heterocycles. The Hall–Kier alpha value is -0.750. The van der Waals surface area contributed by atoms with Crippen LogP contribution in [-0.4, -0.2) is 5.66 Å². The van der Waals surface area contributed by atoms with E-state index in [1.807, 2.05) is 0 Å². The third kappa shape index (κ3) is 3.45. The van der Waals surface area contributed by atoms with E-state index in [-0.39, 0.29) is 33.9 Å². The first-order valence-electron chi connectivity index (χ1n) is 7.98. The molecule has 1 saturated carbocycles. The lowest BCUT2D eigenvalue weighted by molar-refractivity contribution is -0.00000435.